The summed E-state index contributed by atoms with van der Waals surface area (Å²) in [6, 6.07) is 7.82. The molecule has 0 aliphatic carbocycles. The van der Waals surface area contributed by atoms with E-state index in [0.29, 0.717) is 0 Å². The van der Waals surface area contributed by atoms with Crippen LogP contribution in [0.2, 0.25) is 5.02 Å². The second kappa shape index (κ2) is 3.62. The van der Waals surface area contributed by atoms with Gasteiger partial charge in [-0.1, -0.05) is 30.7 Å². The number of rotatable bonds is 2. The normalized spacial score (nSPS) is 9.80. The van der Waals surface area contributed by atoms with Gasteiger partial charge in [-0.15, -0.1) is 0 Å². The first-order chi connectivity index (χ1) is 4.83. The molecular weight excluding hydrogens is 144 g/mol. The second-order valence-corrected chi connectivity index (χ2v) is 2.59. The van der Waals surface area contributed by atoms with Gasteiger partial charge in [-0.05, 0) is 30.5 Å². The monoisotopic (exact) mass is 152 g/mol. The molecule has 0 N–H and O–H groups in total. The Morgan fingerprint density at radius 1 is 1.30 bits per heavy atom. The highest BCUT2D eigenvalue weighted by atomic mass is 35.5. The van der Waals surface area contributed by atoms with Crippen molar-refractivity contribution in [2.24, 2.45) is 0 Å². The van der Waals surface area contributed by atoms with Crippen LogP contribution in [0.3, 0.4) is 0 Å². The first kappa shape index (κ1) is 7.62. The largest absolute Gasteiger partial charge is 0.0843 e. The van der Waals surface area contributed by atoms with E-state index >= 15 is 0 Å². The van der Waals surface area contributed by atoms with Crippen molar-refractivity contribution in [2.45, 2.75) is 13.3 Å². The molecule has 0 fully saturated rings. The quantitative estimate of drug-likeness (QED) is 0.611. The van der Waals surface area contributed by atoms with Crippen molar-refractivity contribution in [2.75, 3.05) is 0 Å². The Labute approximate surface area is 66.8 Å². The van der Waals surface area contributed by atoms with Gasteiger partial charge in [0.1, 0.15) is 0 Å². The first-order valence-corrected chi connectivity index (χ1v) is 3.60. The number of benzene rings is 1. The van der Waals surface area contributed by atoms with Crippen molar-refractivity contribution in [3.8, 4) is 0 Å². The zero-order valence-corrected chi connectivity index (χ0v) is 6.65. The molecule has 0 aromatic heterocycles. The summed E-state index contributed by atoms with van der Waals surface area (Å²) in [7, 11) is 0. The Morgan fingerprint density at radius 2 is 1.90 bits per heavy atom. The molecule has 0 nitrogen and oxygen atoms in total. The van der Waals surface area contributed by atoms with E-state index in [1.165, 1.54) is 5.56 Å². The lowest BCUT2D eigenvalue weighted by molar-refractivity contribution is 1.14. The topological polar surface area (TPSA) is 0 Å². The summed E-state index contributed by atoms with van der Waals surface area (Å²) in [5.41, 5.74) is 1.26. The van der Waals surface area contributed by atoms with E-state index in [1.54, 1.807) is 0 Å². The van der Waals surface area contributed by atoms with Gasteiger partial charge in [0.25, 0.3) is 0 Å². The molecule has 0 atom stereocenters. The summed E-state index contributed by atoms with van der Waals surface area (Å²) in [6.07, 6.45) is 3.96. The molecule has 0 saturated carbocycles. The van der Waals surface area contributed by atoms with Crippen LogP contribution in [0.4, 0.5) is 0 Å². The van der Waals surface area contributed by atoms with Gasteiger partial charge in [-0.2, -0.15) is 0 Å². The predicted molar refractivity (Wildman–Crippen MR) is 44.1 cm³/mol. The van der Waals surface area contributed by atoms with E-state index in [-0.39, 0.29) is 0 Å². The molecule has 0 aliphatic heterocycles. The van der Waals surface area contributed by atoms with Crippen LogP contribution in [-0.4, -0.2) is 0 Å². The van der Waals surface area contributed by atoms with Crippen molar-refractivity contribution < 1.29 is 0 Å². The lowest BCUT2D eigenvalue weighted by atomic mass is 10.1. The first-order valence-electron chi connectivity index (χ1n) is 3.22. The van der Waals surface area contributed by atoms with E-state index in [4.69, 9.17) is 11.6 Å². The third-order valence-electron chi connectivity index (χ3n) is 1.29. The molecule has 1 rings (SSSR count). The van der Waals surface area contributed by atoms with Gasteiger partial charge in [-0.3, -0.25) is 0 Å². The molecule has 52 valence electrons. The van der Waals surface area contributed by atoms with Crippen molar-refractivity contribution in [1.29, 1.82) is 0 Å². The third kappa shape index (κ3) is 2.03. The summed E-state index contributed by atoms with van der Waals surface area (Å²) < 4.78 is 0. The van der Waals surface area contributed by atoms with E-state index in [9.17, 15) is 0 Å². The summed E-state index contributed by atoms with van der Waals surface area (Å²) in [5, 5.41) is 0.792. The van der Waals surface area contributed by atoms with Gasteiger partial charge >= 0.3 is 0 Å². The average molecular weight is 153 g/mol. The summed E-state index contributed by atoms with van der Waals surface area (Å²) >= 11 is 5.69. The van der Waals surface area contributed by atoms with Gasteiger partial charge in [0.15, 0.2) is 0 Å². The molecule has 1 aromatic carbocycles. The molecule has 1 heteroatoms. The van der Waals surface area contributed by atoms with Gasteiger partial charge in [-0.25, -0.2) is 0 Å². The van der Waals surface area contributed by atoms with E-state index in [2.05, 4.69) is 6.42 Å². The molecule has 0 aliphatic rings. The van der Waals surface area contributed by atoms with Gasteiger partial charge in [0, 0.05) is 5.02 Å². The molecule has 2 radical (unpaired) electrons. The van der Waals surface area contributed by atoms with Crippen LogP contribution >= 0.6 is 11.6 Å². The van der Waals surface area contributed by atoms with Gasteiger partial charge in [0.05, 0.1) is 0 Å². The Morgan fingerprint density at radius 3 is 2.40 bits per heavy atom. The van der Waals surface area contributed by atoms with Crippen LogP contribution in [0.25, 0.3) is 0 Å². The zero-order chi connectivity index (χ0) is 7.40. The highest BCUT2D eigenvalue weighted by Gasteiger charge is 1.89. The summed E-state index contributed by atoms with van der Waals surface area (Å²) in [6.45, 7) is 1.93. The highest BCUT2D eigenvalue weighted by molar-refractivity contribution is 6.30. The standard InChI is InChI=1S/C9H9Cl/c1-2-3-8-4-6-9(10)7-5-8/h4-7H,3H2,1H3. The van der Waals surface area contributed by atoms with E-state index in [0.717, 1.165) is 11.4 Å². The number of hydrogen-bond donors (Lipinski definition) is 0. The Balaban J connectivity index is 2.69. The Bertz CT molecular complexity index is 188. The van der Waals surface area contributed by atoms with Crippen LogP contribution < -0.4 is 0 Å². The molecule has 0 saturated heterocycles. The maximum absolute atomic E-state index is 5.69. The lowest BCUT2D eigenvalue weighted by Gasteiger charge is -1.95. The van der Waals surface area contributed by atoms with Crippen LogP contribution in [0.1, 0.15) is 12.5 Å². The van der Waals surface area contributed by atoms with Crippen LogP contribution in [0, 0.1) is 6.42 Å². The van der Waals surface area contributed by atoms with Crippen LogP contribution in [0.5, 0.6) is 0 Å². The maximum atomic E-state index is 5.69. The fourth-order valence-electron chi connectivity index (χ4n) is 0.806. The summed E-state index contributed by atoms with van der Waals surface area (Å²) in [4.78, 5) is 0. The minimum Gasteiger partial charge on any atom is -0.0843 e. The number of halogens is 1. The highest BCUT2D eigenvalue weighted by Crippen LogP contribution is 2.10. The van der Waals surface area contributed by atoms with Crippen molar-refractivity contribution in [1.82, 2.24) is 0 Å². The minimum absolute atomic E-state index is 0.792. The van der Waals surface area contributed by atoms with Crippen molar-refractivity contribution in [3.05, 3.63) is 41.3 Å². The zero-order valence-electron chi connectivity index (χ0n) is 5.89. The molecular formula is C9H9Cl. The van der Waals surface area contributed by atoms with E-state index in [1.807, 2.05) is 31.2 Å². The Kier molecular flexibility index (Phi) is 2.76. The van der Waals surface area contributed by atoms with Gasteiger partial charge < -0.3 is 0 Å². The molecule has 0 unspecified atom stereocenters. The Hall–Kier alpha value is -0.490. The SMILES string of the molecule is C[C]Cc1ccc(Cl)cc1. The molecule has 0 amide bonds. The predicted octanol–water partition coefficient (Wildman–Crippen LogP) is 2.98. The lowest BCUT2D eigenvalue weighted by Crippen LogP contribution is -1.80. The average Bonchev–Trinajstić information content (AvgIpc) is 1.95. The second-order valence-electron chi connectivity index (χ2n) is 2.16. The van der Waals surface area contributed by atoms with E-state index < -0.39 is 0 Å². The van der Waals surface area contributed by atoms with Crippen LogP contribution in [0.15, 0.2) is 24.3 Å². The number of hydrogen-bond acceptors (Lipinski definition) is 0. The minimum atomic E-state index is 0.792. The third-order valence-corrected chi connectivity index (χ3v) is 1.55. The molecule has 0 bridgehead atoms. The van der Waals surface area contributed by atoms with Crippen molar-refractivity contribution in [3.63, 3.8) is 0 Å². The molecule has 0 heterocycles. The smallest absolute Gasteiger partial charge is 0.0406 e. The van der Waals surface area contributed by atoms with Gasteiger partial charge in [0.2, 0.25) is 0 Å². The fraction of sp³-hybridized carbons (Fsp3) is 0.222. The van der Waals surface area contributed by atoms with Crippen molar-refractivity contribution >= 4 is 11.6 Å². The fourth-order valence-corrected chi connectivity index (χ4v) is 0.932. The molecule has 1 aromatic rings. The maximum Gasteiger partial charge on any atom is 0.0406 e. The molecule has 10 heavy (non-hydrogen) atoms. The molecule has 0 spiro atoms. The van der Waals surface area contributed by atoms with Crippen LogP contribution in [-0.2, 0) is 6.42 Å². The summed E-state index contributed by atoms with van der Waals surface area (Å²) in [5.74, 6) is 0.